The predicted octanol–water partition coefficient (Wildman–Crippen LogP) is 3.74. The monoisotopic (exact) mass is 458 g/mol. The third kappa shape index (κ3) is 4.04. The van der Waals surface area contributed by atoms with Gasteiger partial charge in [-0.2, -0.15) is 19.5 Å². The van der Waals surface area contributed by atoms with Gasteiger partial charge < -0.3 is 15.5 Å². The second kappa shape index (κ2) is 8.33. The Balaban J connectivity index is 1.31. The standard InChI is InChI=1S/C20H20Cl2N8O/c21-14-5-1-6-15(22)13(14)11-29-8-2-4-12(29)10-24-19-26-18(23)30-20(27-19)25-17(28-30)16-7-3-9-31-16/h1,3,5-7,9,12H,2,4,8,10-11H2,(H3,23,24,25,26,27,28). The number of benzene rings is 1. The summed E-state index contributed by atoms with van der Waals surface area (Å²) in [5.41, 5.74) is 7.02. The third-order valence-corrected chi connectivity index (χ3v) is 6.10. The van der Waals surface area contributed by atoms with E-state index in [1.165, 1.54) is 4.52 Å². The van der Waals surface area contributed by atoms with Crippen molar-refractivity contribution in [3.63, 3.8) is 0 Å². The minimum Gasteiger partial charge on any atom is -0.461 e. The molecule has 3 N–H and O–H groups in total. The van der Waals surface area contributed by atoms with E-state index >= 15 is 0 Å². The maximum absolute atomic E-state index is 6.36. The van der Waals surface area contributed by atoms with E-state index in [9.17, 15) is 0 Å². The molecule has 0 radical (unpaired) electrons. The van der Waals surface area contributed by atoms with Crippen molar-refractivity contribution in [2.75, 3.05) is 24.1 Å². The first-order chi connectivity index (χ1) is 15.1. The largest absolute Gasteiger partial charge is 0.461 e. The van der Waals surface area contributed by atoms with Gasteiger partial charge in [0.2, 0.25) is 17.7 Å². The van der Waals surface area contributed by atoms with Gasteiger partial charge in [0.05, 0.1) is 6.26 Å². The van der Waals surface area contributed by atoms with E-state index in [4.69, 9.17) is 33.4 Å². The number of halogens is 2. The lowest BCUT2D eigenvalue weighted by Crippen LogP contribution is -2.35. The van der Waals surface area contributed by atoms with Crippen LogP contribution >= 0.6 is 23.2 Å². The summed E-state index contributed by atoms with van der Waals surface area (Å²) in [5, 5.41) is 8.98. The van der Waals surface area contributed by atoms with Crippen LogP contribution in [-0.4, -0.2) is 48.6 Å². The van der Waals surface area contributed by atoms with Gasteiger partial charge in [-0.1, -0.05) is 29.3 Å². The van der Waals surface area contributed by atoms with Gasteiger partial charge in [0.15, 0.2) is 5.76 Å². The van der Waals surface area contributed by atoms with E-state index in [1.807, 2.05) is 18.2 Å². The summed E-state index contributed by atoms with van der Waals surface area (Å²) in [4.78, 5) is 15.5. The second-order valence-electron chi connectivity index (χ2n) is 7.38. The zero-order valence-electron chi connectivity index (χ0n) is 16.5. The molecule has 160 valence electrons. The van der Waals surface area contributed by atoms with Gasteiger partial charge in [-0.3, -0.25) is 4.90 Å². The first kappa shape index (κ1) is 20.0. The topological polar surface area (TPSA) is 110 Å². The summed E-state index contributed by atoms with van der Waals surface area (Å²) in [5.74, 6) is 1.91. The van der Waals surface area contributed by atoms with Crippen molar-refractivity contribution < 1.29 is 4.42 Å². The normalized spacial score (nSPS) is 16.9. The lowest BCUT2D eigenvalue weighted by molar-refractivity contribution is 0.254. The van der Waals surface area contributed by atoms with E-state index in [-0.39, 0.29) is 5.95 Å². The zero-order valence-corrected chi connectivity index (χ0v) is 18.0. The van der Waals surface area contributed by atoms with E-state index in [0.29, 0.717) is 52.5 Å². The number of aromatic nitrogens is 5. The van der Waals surface area contributed by atoms with Gasteiger partial charge in [0.25, 0.3) is 5.78 Å². The van der Waals surface area contributed by atoms with Crippen LogP contribution in [0.3, 0.4) is 0 Å². The van der Waals surface area contributed by atoms with Crippen molar-refractivity contribution in [3.8, 4) is 11.6 Å². The molecule has 1 aliphatic rings. The van der Waals surface area contributed by atoms with Crippen molar-refractivity contribution in [1.29, 1.82) is 0 Å². The van der Waals surface area contributed by atoms with Crippen LogP contribution in [0.4, 0.5) is 11.9 Å². The highest BCUT2D eigenvalue weighted by Gasteiger charge is 2.26. The molecule has 11 heteroatoms. The Hall–Kier alpha value is -2.88. The number of furan rings is 1. The molecule has 1 aromatic carbocycles. The maximum Gasteiger partial charge on any atom is 0.259 e. The summed E-state index contributed by atoms with van der Waals surface area (Å²) in [7, 11) is 0. The van der Waals surface area contributed by atoms with Gasteiger partial charge in [0, 0.05) is 34.7 Å². The number of likely N-dealkylation sites (tertiary alicyclic amines) is 1. The summed E-state index contributed by atoms with van der Waals surface area (Å²) < 4.78 is 6.74. The van der Waals surface area contributed by atoms with Gasteiger partial charge in [-0.05, 0) is 43.7 Å². The maximum atomic E-state index is 6.36. The molecule has 0 aliphatic carbocycles. The van der Waals surface area contributed by atoms with Crippen LogP contribution in [0.1, 0.15) is 18.4 Å². The highest BCUT2D eigenvalue weighted by molar-refractivity contribution is 6.35. The average molecular weight is 459 g/mol. The Morgan fingerprint density at radius 2 is 1.97 bits per heavy atom. The number of hydrogen-bond donors (Lipinski definition) is 2. The highest BCUT2D eigenvalue weighted by Crippen LogP contribution is 2.29. The quantitative estimate of drug-likeness (QED) is 0.449. The number of nitrogens with zero attached hydrogens (tertiary/aromatic N) is 6. The first-order valence-electron chi connectivity index (χ1n) is 9.93. The van der Waals surface area contributed by atoms with Crippen LogP contribution in [0.5, 0.6) is 0 Å². The van der Waals surface area contributed by atoms with Crippen molar-refractivity contribution >= 4 is 40.9 Å². The zero-order chi connectivity index (χ0) is 21.4. The Morgan fingerprint density at radius 3 is 2.74 bits per heavy atom. The molecule has 0 saturated carbocycles. The average Bonchev–Trinajstić information content (AvgIpc) is 3.49. The number of rotatable bonds is 6. The van der Waals surface area contributed by atoms with Crippen LogP contribution in [-0.2, 0) is 6.54 Å². The molecular formula is C20H20Cl2N8O. The fraction of sp³-hybridized carbons (Fsp3) is 0.300. The second-order valence-corrected chi connectivity index (χ2v) is 8.19. The lowest BCUT2D eigenvalue weighted by atomic mass is 10.1. The Morgan fingerprint density at radius 1 is 1.13 bits per heavy atom. The molecule has 1 unspecified atom stereocenters. The summed E-state index contributed by atoms with van der Waals surface area (Å²) in [6.45, 7) is 2.34. The molecule has 1 aliphatic heterocycles. The van der Waals surface area contributed by atoms with Crippen molar-refractivity contribution in [2.45, 2.75) is 25.4 Å². The molecule has 4 aromatic rings. The third-order valence-electron chi connectivity index (χ3n) is 5.39. The number of nitrogen functional groups attached to an aromatic ring is 1. The number of anilines is 2. The van der Waals surface area contributed by atoms with Gasteiger partial charge in [-0.25, -0.2) is 0 Å². The molecule has 9 nitrogen and oxygen atoms in total. The highest BCUT2D eigenvalue weighted by atomic mass is 35.5. The molecule has 1 atom stereocenters. The Bertz CT molecular complexity index is 1190. The smallest absolute Gasteiger partial charge is 0.259 e. The fourth-order valence-corrected chi connectivity index (χ4v) is 4.34. The summed E-state index contributed by atoms with van der Waals surface area (Å²) in [6.07, 6.45) is 3.72. The van der Waals surface area contributed by atoms with Gasteiger partial charge in [0.1, 0.15) is 0 Å². The number of fused-ring (bicyclic) bond motifs is 1. The molecule has 3 aromatic heterocycles. The number of hydrogen-bond acceptors (Lipinski definition) is 8. The number of nitrogens with two attached hydrogens (primary N) is 1. The van der Waals surface area contributed by atoms with Crippen LogP contribution in [0.2, 0.25) is 10.0 Å². The number of nitrogens with one attached hydrogen (secondary N) is 1. The SMILES string of the molecule is Nc1nc(NCC2CCCN2Cc2c(Cl)cccc2Cl)nc2nc(-c3ccco3)nn12. The Kier molecular flexibility index (Phi) is 5.39. The molecule has 31 heavy (non-hydrogen) atoms. The van der Waals surface area contributed by atoms with Crippen LogP contribution in [0.25, 0.3) is 17.4 Å². The minimum atomic E-state index is 0.198. The van der Waals surface area contributed by atoms with E-state index < -0.39 is 0 Å². The summed E-state index contributed by atoms with van der Waals surface area (Å²) >= 11 is 12.7. The van der Waals surface area contributed by atoms with Crippen molar-refractivity contribution in [1.82, 2.24) is 29.5 Å². The molecule has 4 heterocycles. The minimum absolute atomic E-state index is 0.198. The Labute approximate surface area is 188 Å². The van der Waals surface area contributed by atoms with Crippen molar-refractivity contribution in [2.24, 2.45) is 0 Å². The van der Waals surface area contributed by atoms with E-state index in [1.54, 1.807) is 18.4 Å². The van der Waals surface area contributed by atoms with Gasteiger partial charge >= 0.3 is 0 Å². The molecule has 0 spiro atoms. The van der Waals surface area contributed by atoms with Gasteiger partial charge in [-0.15, -0.1) is 5.10 Å². The lowest BCUT2D eigenvalue weighted by Gasteiger charge is -2.25. The predicted molar refractivity (Wildman–Crippen MR) is 119 cm³/mol. The molecule has 1 fully saturated rings. The van der Waals surface area contributed by atoms with Crippen LogP contribution in [0, 0.1) is 0 Å². The molecule has 0 bridgehead atoms. The van der Waals surface area contributed by atoms with Crippen molar-refractivity contribution in [3.05, 3.63) is 52.2 Å². The van der Waals surface area contributed by atoms with Crippen LogP contribution in [0.15, 0.2) is 41.0 Å². The molecule has 0 amide bonds. The fourth-order valence-electron chi connectivity index (χ4n) is 3.82. The van der Waals surface area contributed by atoms with Crippen LogP contribution < -0.4 is 11.1 Å². The van der Waals surface area contributed by atoms with E-state index in [2.05, 4.69) is 30.3 Å². The summed E-state index contributed by atoms with van der Waals surface area (Å²) in [6, 6.07) is 9.44. The molecular weight excluding hydrogens is 439 g/mol. The first-order valence-corrected chi connectivity index (χ1v) is 10.7. The van der Waals surface area contributed by atoms with E-state index in [0.717, 1.165) is 24.9 Å². The molecule has 5 rings (SSSR count). The molecule has 1 saturated heterocycles.